The summed E-state index contributed by atoms with van der Waals surface area (Å²) in [6.45, 7) is 3.84. The highest BCUT2D eigenvalue weighted by atomic mass is 16.6. The van der Waals surface area contributed by atoms with Crippen LogP contribution in [0.15, 0.2) is 48.6 Å². The molecule has 0 heterocycles. The number of hydrogen-bond donors (Lipinski definition) is 1. The highest BCUT2D eigenvalue weighted by molar-refractivity contribution is 5.90. The summed E-state index contributed by atoms with van der Waals surface area (Å²) < 4.78 is 10.4. The van der Waals surface area contributed by atoms with Crippen molar-refractivity contribution in [1.82, 2.24) is 0 Å². The first-order valence-corrected chi connectivity index (χ1v) is 16.1. The molecule has 0 spiro atoms. The Bertz CT molecular complexity index is 765. The number of aliphatic hydroxyl groups is 1. The predicted octanol–water partition coefficient (Wildman–Crippen LogP) is 8.68. The van der Waals surface area contributed by atoms with Crippen LogP contribution in [0.5, 0.6) is 0 Å². The molecule has 1 N–H and O–H groups in total. The molecule has 0 radical (unpaired) electrons. The minimum absolute atomic E-state index is 0.0511. The minimum Gasteiger partial charge on any atom is -0.462 e. The van der Waals surface area contributed by atoms with Gasteiger partial charge in [-0.15, -0.1) is 0 Å². The Morgan fingerprint density at radius 1 is 0.634 bits per heavy atom. The highest BCUT2D eigenvalue weighted by Gasteiger charge is 2.16. The van der Waals surface area contributed by atoms with Gasteiger partial charge in [-0.25, -0.2) is 0 Å². The number of allylic oxidation sites excluding steroid dienone is 8. The Hall–Kier alpha value is -2.47. The molecule has 0 aromatic heterocycles. The van der Waals surface area contributed by atoms with Gasteiger partial charge in [-0.2, -0.15) is 0 Å². The molecular formula is C35H58O6. The van der Waals surface area contributed by atoms with Crippen LogP contribution in [0.3, 0.4) is 0 Å². The average molecular weight is 575 g/mol. The second-order valence-corrected chi connectivity index (χ2v) is 10.6. The van der Waals surface area contributed by atoms with Gasteiger partial charge in [0.1, 0.15) is 6.61 Å². The highest BCUT2D eigenvalue weighted by Crippen LogP contribution is 2.11. The normalized spacial score (nSPS) is 12.7. The third-order valence-corrected chi connectivity index (χ3v) is 6.60. The number of rotatable bonds is 28. The standard InChI is InChI=1S/C35H58O6/c1-3-5-7-9-11-13-14-15-16-18-19-21-23-26-32(37)27-25-29-34(38)40-31-33(30-36)41-35(39)28-24-22-20-17-12-10-8-6-4-2/h11,13,15-16,19,21,23,26,33,36H,3-10,12,14,17-18,20,22,24-25,27-31H2,1-2H3/b13-11-,16-15-,21-19-,26-23+/t33-/m0/s1. The van der Waals surface area contributed by atoms with Crippen LogP contribution in [-0.2, 0) is 23.9 Å². The third-order valence-electron chi connectivity index (χ3n) is 6.60. The van der Waals surface area contributed by atoms with Crippen LogP contribution in [0.4, 0.5) is 0 Å². The molecule has 0 bridgehead atoms. The van der Waals surface area contributed by atoms with Gasteiger partial charge in [-0.05, 0) is 44.6 Å². The lowest BCUT2D eigenvalue weighted by atomic mass is 10.1. The molecule has 234 valence electrons. The molecule has 6 nitrogen and oxygen atoms in total. The first-order valence-electron chi connectivity index (χ1n) is 16.1. The summed E-state index contributed by atoms with van der Waals surface area (Å²) in [6.07, 6.45) is 33.1. The summed E-state index contributed by atoms with van der Waals surface area (Å²) in [5, 5.41) is 9.45. The van der Waals surface area contributed by atoms with Crippen LogP contribution in [0.1, 0.15) is 136 Å². The zero-order chi connectivity index (χ0) is 30.2. The van der Waals surface area contributed by atoms with E-state index in [4.69, 9.17) is 9.47 Å². The van der Waals surface area contributed by atoms with E-state index in [1.807, 2.05) is 12.2 Å². The van der Waals surface area contributed by atoms with Crippen molar-refractivity contribution >= 4 is 17.7 Å². The van der Waals surface area contributed by atoms with E-state index in [1.165, 1.54) is 63.9 Å². The monoisotopic (exact) mass is 574 g/mol. The van der Waals surface area contributed by atoms with Gasteiger partial charge in [0.05, 0.1) is 6.61 Å². The van der Waals surface area contributed by atoms with Crippen LogP contribution in [0.2, 0.25) is 0 Å². The lowest BCUT2D eigenvalue weighted by Crippen LogP contribution is -2.28. The van der Waals surface area contributed by atoms with Crippen molar-refractivity contribution in [2.75, 3.05) is 13.2 Å². The van der Waals surface area contributed by atoms with Gasteiger partial charge in [0.2, 0.25) is 0 Å². The van der Waals surface area contributed by atoms with Gasteiger partial charge < -0.3 is 14.6 Å². The third kappa shape index (κ3) is 28.8. The maximum Gasteiger partial charge on any atom is 0.306 e. The Labute approximate surface area is 250 Å². The van der Waals surface area contributed by atoms with Crippen LogP contribution in [0.25, 0.3) is 0 Å². The molecule has 0 aliphatic carbocycles. The van der Waals surface area contributed by atoms with Crippen LogP contribution in [0, 0.1) is 0 Å². The number of hydrogen-bond acceptors (Lipinski definition) is 6. The van der Waals surface area contributed by atoms with Crippen molar-refractivity contribution < 1.29 is 29.0 Å². The van der Waals surface area contributed by atoms with Crippen LogP contribution in [-0.4, -0.2) is 42.1 Å². The molecule has 0 unspecified atom stereocenters. The first kappa shape index (κ1) is 38.5. The fraction of sp³-hybridized carbons (Fsp3) is 0.686. The molecule has 0 amide bonds. The van der Waals surface area contributed by atoms with E-state index in [2.05, 4.69) is 38.2 Å². The van der Waals surface area contributed by atoms with Crippen molar-refractivity contribution in [3.8, 4) is 0 Å². The summed E-state index contributed by atoms with van der Waals surface area (Å²) in [5.41, 5.74) is 0. The van der Waals surface area contributed by atoms with Crippen molar-refractivity contribution in [2.45, 2.75) is 142 Å². The molecule has 0 rings (SSSR count). The van der Waals surface area contributed by atoms with Crippen LogP contribution >= 0.6 is 0 Å². The summed E-state index contributed by atoms with van der Waals surface area (Å²) in [4.78, 5) is 36.0. The molecule has 0 saturated carbocycles. The summed E-state index contributed by atoms with van der Waals surface area (Å²) in [7, 11) is 0. The maximum atomic E-state index is 12.0. The van der Waals surface area contributed by atoms with E-state index in [0.29, 0.717) is 12.8 Å². The second kappa shape index (κ2) is 30.5. The van der Waals surface area contributed by atoms with Gasteiger partial charge >= 0.3 is 11.9 Å². The fourth-order valence-corrected chi connectivity index (χ4v) is 4.09. The van der Waals surface area contributed by atoms with E-state index < -0.39 is 18.7 Å². The van der Waals surface area contributed by atoms with Crippen molar-refractivity contribution in [1.29, 1.82) is 0 Å². The van der Waals surface area contributed by atoms with Gasteiger partial charge in [0, 0.05) is 19.3 Å². The SMILES string of the molecule is CCCCC/C=C\C/C=C\C/C=C\C=C\C(=O)CCCC(=O)OC[C@H](CO)OC(=O)CCCCCCCCCCC. The van der Waals surface area contributed by atoms with E-state index in [1.54, 1.807) is 6.08 Å². The number of esters is 2. The number of aliphatic hydroxyl groups excluding tert-OH is 1. The molecule has 0 aromatic carbocycles. The quantitative estimate of drug-likeness (QED) is 0.0330. The molecule has 0 fully saturated rings. The van der Waals surface area contributed by atoms with E-state index in [-0.39, 0.29) is 31.2 Å². The van der Waals surface area contributed by atoms with Crippen molar-refractivity contribution in [2.24, 2.45) is 0 Å². The fourth-order valence-electron chi connectivity index (χ4n) is 4.09. The smallest absolute Gasteiger partial charge is 0.306 e. The van der Waals surface area contributed by atoms with Gasteiger partial charge in [0.15, 0.2) is 11.9 Å². The molecule has 0 aliphatic rings. The lowest BCUT2D eigenvalue weighted by molar-refractivity contribution is -0.161. The van der Waals surface area contributed by atoms with Gasteiger partial charge in [-0.3, -0.25) is 14.4 Å². The van der Waals surface area contributed by atoms with E-state index >= 15 is 0 Å². The Kier molecular flexibility index (Phi) is 28.7. The summed E-state index contributed by atoms with van der Waals surface area (Å²) in [5.74, 6) is -0.904. The molecular weight excluding hydrogens is 516 g/mol. The number of ether oxygens (including phenoxy) is 2. The molecule has 0 aliphatic heterocycles. The molecule has 6 heteroatoms. The Morgan fingerprint density at radius 2 is 1.22 bits per heavy atom. The van der Waals surface area contributed by atoms with E-state index in [0.717, 1.165) is 38.5 Å². The topological polar surface area (TPSA) is 89.9 Å². The number of carbonyl (C=O) groups is 3. The molecule has 1 atom stereocenters. The summed E-state index contributed by atoms with van der Waals surface area (Å²) in [6, 6.07) is 0. The predicted molar refractivity (Wildman–Crippen MR) is 169 cm³/mol. The number of ketones is 1. The number of carbonyl (C=O) groups excluding carboxylic acids is 3. The minimum atomic E-state index is -0.858. The van der Waals surface area contributed by atoms with Gasteiger partial charge in [0.25, 0.3) is 0 Å². The largest absolute Gasteiger partial charge is 0.462 e. The Morgan fingerprint density at radius 3 is 1.90 bits per heavy atom. The molecule has 41 heavy (non-hydrogen) atoms. The number of unbranched alkanes of at least 4 members (excludes halogenated alkanes) is 11. The first-order chi connectivity index (χ1) is 20.0. The average Bonchev–Trinajstić information content (AvgIpc) is 2.96. The zero-order valence-electron chi connectivity index (χ0n) is 26.0. The summed E-state index contributed by atoms with van der Waals surface area (Å²) >= 11 is 0. The van der Waals surface area contributed by atoms with E-state index in [9.17, 15) is 19.5 Å². The zero-order valence-corrected chi connectivity index (χ0v) is 26.0. The Balaban J connectivity index is 3.86. The second-order valence-electron chi connectivity index (χ2n) is 10.6. The maximum absolute atomic E-state index is 12.0. The molecule has 0 aromatic rings. The van der Waals surface area contributed by atoms with Crippen LogP contribution < -0.4 is 0 Å². The lowest BCUT2D eigenvalue weighted by Gasteiger charge is -2.15. The van der Waals surface area contributed by atoms with Crippen molar-refractivity contribution in [3.63, 3.8) is 0 Å². The van der Waals surface area contributed by atoms with Crippen molar-refractivity contribution in [3.05, 3.63) is 48.6 Å². The molecule has 0 saturated heterocycles. The van der Waals surface area contributed by atoms with Gasteiger partial charge in [-0.1, -0.05) is 121 Å².